The summed E-state index contributed by atoms with van der Waals surface area (Å²) in [6.07, 6.45) is 4.13. The first kappa shape index (κ1) is 30.5. The van der Waals surface area contributed by atoms with Gasteiger partial charge in [-0.15, -0.1) is 0 Å². The van der Waals surface area contributed by atoms with E-state index < -0.39 is 47.9 Å². The summed E-state index contributed by atoms with van der Waals surface area (Å²) in [5.74, 6) is -2.90. The number of carbonyl (C=O) groups excluding carboxylic acids is 3. The minimum absolute atomic E-state index is 0.0449. The van der Waals surface area contributed by atoms with Crippen LogP contribution in [-0.2, 0) is 32.0 Å². The van der Waals surface area contributed by atoms with Gasteiger partial charge in [0.1, 0.15) is 18.1 Å². The number of benzene rings is 1. The van der Waals surface area contributed by atoms with E-state index in [1.807, 2.05) is 33.8 Å². The molecule has 2 aromatic rings. The molecule has 1 aromatic carbocycles. The lowest BCUT2D eigenvalue weighted by atomic mass is 9.96. The summed E-state index contributed by atoms with van der Waals surface area (Å²) < 4.78 is 0. The molecule has 1 heterocycles. The van der Waals surface area contributed by atoms with Crippen molar-refractivity contribution in [3.05, 3.63) is 54.1 Å². The maximum absolute atomic E-state index is 13.4. The van der Waals surface area contributed by atoms with E-state index in [0.717, 1.165) is 5.56 Å². The number of nitrogens with zero attached hydrogens (tertiary/aromatic N) is 1. The van der Waals surface area contributed by atoms with Gasteiger partial charge >= 0.3 is 5.97 Å². The fraction of sp³-hybridized carbons (Fsp3) is 0.519. The number of rotatable bonds is 15. The Hall–Kier alpha value is -3.73. The predicted octanol–water partition coefficient (Wildman–Crippen LogP) is 1.15. The Morgan fingerprint density at radius 2 is 1.61 bits per heavy atom. The number of aromatic nitrogens is 2. The van der Waals surface area contributed by atoms with Crippen molar-refractivity contribution >= 4 is 23.7 Å². The summed E-state index contributed by atoms with van der Waals surface area (Å²) in [6, 6.07) is 4.91. The SMILES string of the molecule is CCC(C)C(NC(=O)C(N)CC(C)C)C(=O)NC(Cc1cnc[nH]1)C(=O)NC(Cc1ccccc1)C(=O)O. The molecule has 38 heavy (non-hydrogen) atoms. The number of imidazole rings is 1. The van der Waals surface area contributed by atoms with Gasteiger partial charge in [0.05, 0.1) is 12.4 Å². The summed E-state index contributed by atoms with van der Waals surface area (Å²) in [6.45, 7) is 7.61. The molecule has 0 radical (unpaired) electrons. The van der Waals surface area contributed by atoms with Crippen LogP contribution in [0.2, 0.25) is 0 Å². The van der Waals surface area contributed by atoms with Crippen LogP contribution in [0.1, 0.15) is 51.8 Å². The van der Waals surface area contributed by atoms with Crippen LogP contribution in [0.15, 0.2) is 42.9 Å². The van der Waals surface area contributed by atoms with Crippen LogP contribution in [0.5, 0.6) is 0 Å². The van der Waals surface area contributed by atoms with E-state index in [1.54, 1.807) is 24.3 Å². The Labute approximate surface area is 223 Å². The minimum atomic E-state index is -1.20. The number of H-pyrrole nitrogens is 1. The molecule has 0 aliphatic rings. The number of carbonyl (C=O) groups is 4. The maximum Gasteiger partial charge on any atom is 0.326 e. The first-order valence-corrected chi connectivity index (χ1v) is 12.9. The van der Waals surface area contributed by atoms with Crippen molar-refractivity contribution in [2.75, 3.05) is 0 Å². The number of amides is 3. The fourth-order valence-corrected chi connectivity index (χ4v) is 3.99. The summed E-state index contributed by atoms with van der Waals surface area (Å²) in [7, 11) is 0. The molecule has 0 fully saturated rings. The van der Waals surface area contributed by atoms with Crippen molar-refractivity contribution in [3.63, 3.8) is 0 Å². The lowest BCUT2D eigenvalue weighted by Gasteiger charge is -2.28. The third-order valence-electron chi connectivity index (χ3n) is 6.36. The van der Waals surface area contributed by atoms with Crippen molar-refractivity contribution in [1.29, 1.82) is 0 Å². The summed E-state index contributed by atoms with van der Waals surface area (Å²) in [5.41, 5.74) is 7.33. The second-order valence-electron chi connectivity index (χ2n) is 10.0. The lowest BCUT2D eigenvalue weighted by molar-refractivity contribution is -0.142. The summed E-state index contributed by atoms with van der Waals surface area (Å²) in [5, 5.41) is 17.7. The van der Waals surface area contributed by atoms with Gasteiger partial charge in [0.15, 0.2) is 0 Å². The molecule has 0 aliphatic heterocycles. The third-order valence-corrected chi connectivity index (χ3v) is 6.36. The Morgan fingerprint density at radius 3 is 2.16 bits per heavy atom. The van der Waals surface area contributed by atoms with Crippen LogP contribution >= 0.6 is 0 Å². The average Bonchev–Trinajstić information content (AvgIpc) is 3.39. The zero-order valence-corrected chi connectivity index (χ0v) is 22.4. The van der Waals surface area contributed by atoms with Crippen molar-refractivity contribution in [3.8, 4) is 0 Å². The normalized spacial score (nSPS) is 15.1. The molecule has 2 rings (SSSR count). The Kier molecular flexibility index (Phi) is 11.9. The number of aromatic amines is 1. The van der Waals surface area contributed by atoms with Crippen LogP contribution in [0.4, 0.5) is 0 Å². The van der Waals surface area contributed by atoms with Crippen LogP contribution in [-0.4, -0.2) is 62.9 Å². The topological polar surface area (TPSA) is 179 Å². The molecule has 3 amide bonds. The Bertz CT molecular complexity index is 1040. The molecule has 0 saturated carbocycles. The highest BCUT2D eigenvalue weighted by Crippen LogP contribution is 2.11. The van der Waals surface area contributed by atoms with Gasteiger partial charge in [-0.2, -0.15) is 0 Å². The first-order chi connectivity index (χ1) is 18.0. The van der Waals surface area contributed by atoms with Gasteiger partial charge in [0.2, 0.25) is 17.7 Å². The van der Waals surface area contributed by atoms with E-state index in [-0.39, 0.29) is 24.7 Å². The van der Waals surface area contributed by atoms with Gasteiger partial charge in [0.25, 0.3) is 0 Å². The van der Waals surface area contributed by atoms with Crippen molar-refractivity contribution in [2.24, 2.45) is 17.6 Å². The van der Waals surface area contributed by atoms with Crippen LogP contribution < -0.4 is 21.7 Å². The average molecular weight is 529 g/mol. The second-order valence-corrected chi connectivity index (χ2v) is 10.0. The van der Waals surface area contributed by atoms with Gasteiger partial charge in [-0.1, -0.05) is 64.4 Å². The number of hydrogen-bond donors (Lipinski definition) is 6. The molecular formula is C27H40N6O5. The predicted molar refractivity (Wildman–Crippen MR) is 143 cm³/mol. The summed E-state index contributed by atoms with van der Waals surface area (Å²) in [4.78, 5) is 58.2. The van der Waals surface area contributed by atoms with Gasteiger partial charge in [-0.25, -0.2) is 9.78 Å². The molecule has 208 valence electrons. The van der Waals surface area contributed by atoms with E-state index in [4.69, 9.17) is 5.73 Å². The van der Waals surface area contributed by atoms with E-state index in [2.05, 4.69) is 25.9 Å². The molecule has 0 saturated heterocycles. The highest BCUT2D eigenvalue weighted by Gasteiger charge is 2.33. The molecule has 11 nitrogen and oxygen atoms in total. The minimum Gasteiger partial charge on any atom is -0.480 e. The maximum atomic E-state index is 13.4. The molecule has 5 unspecified atom stereocenters. The van der Waals surface area contributed by atoms with E-state index in [0.29, 0.717) is 18.5 Å². The molecule has 1 aromatic heterocycles. The monoisotopic (exact) mass is 528 g/mol. The molecule has 7 N–H and O–H groups in total. The highest BCUT2D eigenvalue weighted by atomic mass is 16.4. The number of aliphatic carboxylic acids is 1. The van der Waals surface area contributed by atoms with Gasteiger partial charge in [-0.05, 0) is 23.8 Å². The quantitative estimate of drug-likeness (QED) is 0.201. The van der Waals surface area contributed by atoms with Gasteiger partial charge < -0.3 is 31.8 Å². The third kappa shape index (κ3) is 9.62. The largest absolute Gasteiger partial charge is 0.480 e. The zero-order valence-electron chi connectivity index (χ0n) is 22.4. The van der Waals surface area contributed by atoms with E-state index >= 15 is 0 Å². The molecule has 0 bridgehead atoms. The Morgan fingerprint density at radius 1 is 0.947 bits per heavy atom. The van der Waals surface area contributed by atoms with Crippen molar-refractivity contribution in [2.45, 2.75) is 77.5 Å². The molecule has 11 heteroatoms. The lowest BCUT2D eigenvalue weighted by Crippen LogP contribution is -2.59. The van der Waals surface area contributed by atoms with E-state index in [9.17, 15) is 24.3 Å². The molecule has 0 aliphatic carbocycles. The molecular weight excluding hydrogens is 488 g/mol. The number of nitrogens with two attached hydrogens (primary N) is 1. The zero-order chi connectivity index (χ0) is 28.2. The highest BCUT2D eigenvalue weighted by molar-refractivity contribution is 5.94. The second kappa shape index (κ2) is 14.9. The number of hydrogen-bond acceptors (Lipinski definition) is 6. The standard InChI is InChI=1S/C27H40N6O5/c1-5-17(4)23(33-24(34)20(28)11-16(2)3)26(36)31-21(13-19-14-29-15-30-19)25(35)32-22(27(37)38)12-18-9-7-6-8-10-18/h6-10,14-17,20-23H,5,11-13,28H2,1-4H3,(H,29,30)(H,31,36)(H,32,35)(H,33,34)(H,37,38). The smallest absolute Gasteiger partial charge is 0.326 e. The van der Waals surface area contributed by atoms with Crippen LogP contribution in [0.25, 0.3) is 0 Å². The number of carboxylic acid groups (broad SMARTS) is 1. The van der Waals surface area contributed by atoms with Gasteiger partial charge in [0, 0.05) is 24.7 Å². The van der Waals surface area contributed by atoms with Crippen molar-refractivity contribution in [1.82, 2.24) is 25.9 Å². The van der Waals surface area contributed by atoms with Gasteiger partial charge in [-0.3, -0.25) is 14.4 Å². The number of carboxylic acids is 1. The summed E-state index contributed by atoms with van der Waals surface area (Å²) >= 11 is 0. The number of nitrogens with one attached hydrogen (secondary N) is 4. The molecule has 5 atom stereocenters. The fourth-order valence-electron chi connectivity index (χ4n) is 3.99. The van der Waals surface area contributed by atoms with Crippen molar-refractivity contribution < 1.29 is 24.3 Å². The molecule has 0 spiro atoms. The van der Waals surface area contributed by atoms with Crippen LogP contribution in [0.3, 0.4) is 0 Å². The van der Waals surface area contributed by atoms with Crippen LogP contribution in [0, 0.1) is 11.8 Å². The first-order valence-electron chi connectivity index (χ1n) is 12.9. The Balaban J connectivity index is 2.21. The van der Waals surface area contributed by atoms with E-state index in [1.165, 1.54) is 12.5 Å².